The number of hydrogen-bond donors (Lipinski definition) is 1. The summed E-state index contributed by atoms with van der Waals surface area (Å²) in [6.07, 6.45) is -0.756. The van der Waals surface area contributed by atoms with Crippen molar-refractivity contribution in [2.24, 2.45) is 0 Å². The van der Waals surface area contributed by atoms with Crippen molar-refractivity contribution in [3.63, 3.8) is 0 Å². The molecule has 2 aromatic carbocycles. The van der Waals surface area contributed by atoms with E-state index in [0.717, 1.165) is 26.2 Å². The number of esters is 1. The van der Waals surface area contributed by atoms with Crippen LogP contribution in [0.2, 0.25) is 0 Å². The number of nitrogens with one attached hydrogen (secondary N) is 1. The third kappa shape index (κ3) is 4.42. The summed E-state index contributed by atoms with van der Waals surface area (Å²) < 4.78 is 32.3. The van der Waals surface area contributed by atoms with E-state index in [1.54, 1.807) is 42.5 Å². The van der Waals surface area contributed by atoms with Crippen molar-refractivity contribution in [3.05, 3.63) is 54.1 Å². The zero-order valence-electron chi connectivity index (χ0n) is 15.7. The third-order valence-electron chi connectivity index (χ3n) is 4.39. The Labute approximate surface area is 167 Å². The highest BCUT2D eigenvalue weighted by molar-refractivity contribution is 7.55. The van der Waals surface area contributed by atoms with Crippen molar-refractivity contribution >= 4 is 25.4 Å². The maximum atomic E-state index is 13.0. The van der Waals surface area contributed by atoms with Crippen LogP contribution < -0.4 is 14.6 Å². The molecule has 2 saturated heterocycles. The molecule has 2 aliphatic rings. The molecule has 29 heavy (non-hydrogen) atoms. The molecule has 0 unspecified atom stereocenters. The molecule has 9 nitrogen and oxygen atoms in total. The summed E-state index contributed by atoms with van der Waals surface area (Å²) in [5.74, 6) is 0.152. The van der Waals surface area contributed by atoms with E-state index in [-0.39, 0.29) is 17.0 Å². The van der Waals surface area contributed by atoms with Crippen molar-refractivity contribution in [1.82, 2.24) is 9.34 Å². The van der Waals surface area contributed by atoms with Crippen LogP contribution >= 0.6 is 7.67 Å². The molecule has 0 saturated carbocycles. The first kappa shape index (κ1) is 19.4. The number of anilines is 1. The lowest BCUT2D eigenvalue weighted by Crippen LogP contribution is -2.19. The zero-order valence-corrected chi connectivity index (χ0v) is 16.6. The topological polar surface area (TPSA) is 97.0 Å². The van der Waals surface area contributed by atoms with Gasteiger partial charge in [0.2, 0.25) is 0 Å². The van der Waals surface area contributed by atoms with E-state index in [4.69, 9.17) is 14.0 Å². The van der Waals surface area contributed by atoms with Crippen molar-refractivity contribution in [2.75, 3.05) is 38.6 Å². The lowest BCUT2D eigenvalue weighted by atomic mass is 10.2. The van der Waals surface area contributed by atoms with Gasteiger partial charge >= 0.3 is 19.7 Å². The molecule has 0 aliphatic carbocycles. The third-order valence-corrected chi connectivity index (χ3v) is 7.07. The van der Waals surface area contributed by atoms with Crippen LogP contribution in [0, 0.1) is 0 Å². The first-order chi connectivity index (χ1) is 14.0. The molecule has 1 N–H and O–H groups in total. The van der Waals surface area contributed by atoms with E-state index in [2.05, 4.69) is 5.32 Å². The minimum atomic E-state index is -2.97. The summed E-state index contributed by atoms with van der Waals surface area (Å²) in [5, 5.41) is 2.52. The molecule has 0 aromatic heterocycles. The van der Waals surface area contributed by atoms with Gasteiger partial charge in [-0.15, -0.1) is 0 Å². The van der Waals surface area contributed by atoms with Crippen LogP contribution in [0.25, 0.3) is 0 Å². The Morgan fingerprint density at radius 3 is 2.10 bits per heavy atom. The molecule has 2 aliphatic heterocycles. The zero-order chi connectivity index (χ0) is 20.4. The number of carbonyl (C=O) groups is 2. The molecular formula is C19H20N3O6P. The Morgan fingerprint density at radius 1 is 0.931 bits per heavy atom. The molecule has 0 radical (unpaired) electrons. The largest absolute Gasteiger partial charge is 0.465 e. The summed E-state index contributed by atoms with van der Waals surface area (Å²) >= 11 is 0. The first-order valence-corrected chi connectivity index (χ1v) is 10.6. The van der Waals surface area contributed by atoms with Gasteiger partial charge < -0.3 is 14.0 Å². The summed E-state index contributed by atoms with van der Waals surface area (Å²) in [4.78, 5) is 24.0. The Balaban J connectivity index is 1.38. The fraction of sp³-hybridized carbons (Fsp3) is 0.263. The second kappa shape index (κ2) is 7.87. The van der Waals surface area contributed by atoms with Gasteiger partial charge in [0.15, 0.2) is 0 Å². The molecular weight excluding hydrogens is 397 g/mol. The molecule has 4 rings (SSSR count). The molecule has 2 fully saturated rings. The van der Waals surface area contributed by atoms with E-state index in [1.165, 1.54) is 13.2 Å². The van der Waals surface area contributed by atoms with Gasteiger partial charge in [0.1, 0.15) is 11.5 Å². The summed E-state index contributed by atoms with van der Waals surface area (Å²) in [6.45, 7) is 3.06. The number of nitrogens with zero attached hydrogens (tertiary/aromatic N) is 2. The second-order valence-electron chi connectivity index (χ2n) is 6.51. The second-order valence-corrected chi connectivity index (χ2v) is 8.81. The van der Waals surface area contributed by atoms with E-state index >= 15 is 0 Å². The van der Waals surface area contributed by atoms with E-state index < -0.39 is 19.7 Å². The van der Waals surface area contributed by atoms with Gasteiger partial charge in [-0.2, -0.15) is 0 Å². The fourth-order valence-corrected chi connectivity index (χ4v) is 4.89. The minimum Gasteiger partial charge on any atom is -0.465 e. The molecule has 0 atom stereocenters. The highest BCUT2D eigenvalue weighted by Crippen LogP contribution is 2.60. The SMILES string of the molecule is COC(=O)c1ccccc1NC(=O)Oc1ccc(OP(=O)(N2CC2)N2CC2)cc1. The van der Waals surface area contributed by atoms with Gasteiger partial charge in [-0.1, -0.05) is 12.1 Å². The number of rotatable bonds is 7. The van der Waals surface area contributed by atoms with Crippen LogP contribution in [-0.2, 0) is 9.30 Å². The summed E-state index contributed by atoms with van der Waals surface area (Å²) in [5.41, 5.74) is 0.499. The van der Waals surface area contributed by atoms with Crippen LogP contribution in [0.4, 0.5) is 10.5 Å². The van der Waals surface area contributed by atoms with Gasteiger partial charge in [0, 0.05) is 26.2 Å². The molecule has 0 spiro atoms. The highest BCUT2D eigenvalue weighted by Gasteiger charge is 2.50. The Kier molecular flexibility index (Phi) is 5.27. The predicted molar refractivity (Wildman–Crippen MR) is 105 cm³/mol. The molecule has 152 valence electrons. The van der Waals surface area contributed by atoms with Crippen molar-refractivity contribution in [2.45, 2.75) is 0 Å². The van der Waals surface area contributed by atoms with Crippen LogP contribution in [0.3, 0.4) is 0 Å². The molecule has 2 heterocycles. The first-order valence-electron chi connectivity index (χ1n) is 9.06. The number of methoxy groups -OCH3 is 1. The summed E-state index contributed by atoms with van der Waals surface area (Å²) in [7, 11) is -1.70. The van der Waals surface area contributed by atoms with E-state index in [9.17, 15) is 14.2 Å². The normalized spacial score (nSPS) is 16.0. The van der Waals surface area contributed by atoms with Gasteiger partial charge in [0.05, 0.1) is 18.4 Å². The minimum absolute atomic E-state index is 0.219. The van der Waals surface area contributed by atoms with Crippen LogP contribution in [0.1, 0.15) is 10.4 Å². The molecule has 0 bridgehead atoms. The van der Waals surface area contributed by atoms with Crippen molar-refractivity contribution < 1.29 is 28.2 Å². The fourth-order valence-electron chi connectivity index (χ4n) is 2.72. The maximum Gasteiger partial charge on any atom is 0.417 e. The monoisotopic (exact) mass is 417 g/mol. The number of para-hydroxylation sites is 1. The average Bonchev–Trinajstić information content (AvgIpc) is 3.60. The Hall–Kier alpha value is -2.87. The van der Waals surface area contributed by atoms with Gasteiger partial charge in [-0.3, -0.25) is 5.32 Å². The number of amides is 1. The maximum absolute atomic E-state index is 13.0. The molecule has 2 aromatic rings. The van der Waals surface area contributed by atoms with Gasteiger partial charge in [0.25, 0.3) is 0 Å². The highest BCUT2D eigenvalue weighted by atomic mass is 31.2. The summed E-state index contributed by atoms with van der Waals surface area (Å²) in [6, 6.07) is 12.8. The number of ether oxygens (including phenoxy) is 2. The van der Waals surface area contributed by atoms with Crippen LogP contribution in [-0.4, -0.2) is 54.7 Å². The Bertz CT molecular complexity index is 956. The lowest BCUT2D eigenvalue weighted by Gasteiger charge is -2.20. The van der Waals surface area contributed by atoms with Crippen LogP contribution in [0.15, 0.2) is 48.5 Å². The number of benzene rings is 2. The van der Waals surface area contributed by atoms with Crippen molar-refractivity contribution in [3.8, 4) is 11.5 Å². The predicted octanol–water partition coefficient (Wildman–Crippen LogP) is 3.20. The van der Waals surface area contributed by atoms with Crippen molar-refractivity contribution in [1.29, 1.82) is 0 Å². The molecule has 1 amide bonds. The van der Waals surface area contributed by atoms with Crippen LogP contribution in [0.5, 0.6) is 11.5 Å². The molecule has 10 heteroatoms. The van der Waals surface area contributed by atoms with E-state index in [1.807, 2.05) is 9.34 Å². The Morgan fingerprint density at radius 2 is 1.52 bits per heavy atom. The lowest BCUT2D eigenvalue weighted by molar-refractivity contribution is 0.0602. The standard InChI is InChI=1S/C19H20N3O6P/c1-26-18(23)16-4-2-3-5-17(16)20-19(24)27-14-6-8-15(9-7-14)28-29(25,21-10-11-21)22-12-13-22/h2-9H,10-13H2,1H3,(H,20,24). The average molecular weight is 417 g/mol. The smallest absolute Gasteiger partial charge is 0.417 e. The van der Waals surface area contributed by atoms with Gasteiger partial charge in [-0.05, 0) is 36.4 Å². The van der Waals surface area contributed by atoms with E-state index in [0.29, 0.717) is 5.75 Å². The number of hydrogen-bond acceptors (Lipinski definition) is 6. The van der Waals surface area contributed by atoms with Gasteiger partial charge in [-0.25, -0.2) is 23.5 Å². The quantitative estimate of drug-likeness (QED) is 0.417. The number of carbonyl (C=O) groups excluding carboxylic acids is 2.